The van der Waals surface area contributed by atoms with Gasteiger partial charge >= 0.3 is 0 Å². The summed E-state index contributed by atoms with van der Waals surface area (Å²) >= 11 is 0. The molecule has 0 amide bonds. The Morgan fingerprint density at radius 2 is 1.38 bits per heavy atom. The fourth-order valence-corrected chi connectivity index (χ4v) is 4.65. The number of anilines is 1. The van der Waals surface area contributed by atoms with Crippen LogP contribution < -0.4 is 5.73 Å². The van der Waals surface area contributed by atoms with E-state index in [9.17, 15) is 5.11 Å². The third-order valence-corrected chi connectivity index (χ3v) is 6.02. The number of rotatable bonds is 3. The Balaban J connectivity index is 1.72. The van der Waals surface area contributed by atoms with Crippen LogP contribution in [0.1, 0.15) is 48.3 Å². The van der Waals surface area contributed by atoms with E-state index in [1.807, 2.05) is 24.3 Å². The first-order valence-corrected chi connectivity index (χ1v) is 9.39. The van der Waals surface area contributed by atoms with Crippen LogP contribution >= 0.6 is 0 Å². The normalized spacial score (nSPS) is 22.8. The second kappa shape index (κ2) is 6.87. The van der Waals surface area contributed by atoms with Crippen LogP contribution in [0.25, 0.3) is 0 Å². The van der Waals surface area contributed by atoms with Crippen molar-refractivity contribution in [3.05, 3.63) is 95.6 Å². The molecule has 1 aliphatic rings. The molecule has 3 N–H and O–H groups in total. The maximum absolute atomic E-state index is 10.6. The van der Waals surface area contributed by atoms with E-state index >= 15 is 0 Å². The average molecular weight is 343 g/mol. The SMILES string of the molecule is Nc1ccccc1C1CCC(c2ccccc2)(c2ccccc2O)CC1. The minimum absolute atomic E-state index is 0.132. The quantitative estimate of drug-likeness (QED) is 0.606. The summed E-state index contributed by atoms with van der Waals surface area (Å²) in [6, 6.07) is 26.7. The van der Waals surface area contributed by atoms with Gasteiger partial charge in [0.25, 0.3) is 0 Å². The van der Waals surface area contributed by atoms with E-state index in [1.165, 1.54) is 11.1 Å². The Morgan fingerprint density at radius 3 is 2.08 bits per heavy atom. The minimum atomic E-state index is -0.132. The fourth-order valence-electron chi connectivity index (χ4n) is 4.65. The highest BCUT2D eigenvalue weighted by Crippen LogP contribution is 2.51. The zero-order chi connectivity index (χ0) is 18.0. The van der Waals surface area contributed by atoms with Crippen LogP contribution in [0.2, 0.25) is 0 Å². The van der Waals surface area contributed by atoms with E-state index in [2.05, 4.69) is 48.5 Å². The van der Waals surface area contributed by atoms with Gasteiger partial charge in [-0.25, -0.2) is 0 Å². The van der Waals surface area contributed by atoms with Gasteiger partial charge in [0.15, 0.2) is 0 Å². The molecule has 0 unspecified atom stereocenters. The molecule has 1 saturated carbocycles. The van der Waals surface area contributed by atoms with Gasteiger partial charge in [0.1, 0.15) is 5.75 Å². The topological polar surface area (TPSA) is 46.2 Å². The molecule has 0 aromatic heterocycles. The highest BCUT2D eigenvalue weighted by Gasteiger charge is 2.40. The van der Waals surface area contributed by atoms with Crippen LogP contribution in [0.5, 0.6) is 5.75 Å². The van der Waals surface area contributed by atoms with Crippen molar-refractivity contribution in [1.29, 1.82) is 0 Å². The van der Waals surface area contributed by atoms with Gasteiger partial charge in [-0.1, -0.05) is 66.7 Å². The molecule has 0 atom stereocenters. The highest BCUT2D eigenvalue weighted by molar-refractivity contribution is 5.50. The summed E-state index contributed by atoms with van der Waals surface area (Å²) in [6.45, 7) is 0. The lowest BCUT2D eigenvalue weighted by atomic mass is 9.62. The van der Waals surface area contributed by atoms with Crippen molar-refractivity contribution in [2.75, 3.05) is 5.73 Å². The number of phenols is 1. The second-order valence-corrected chi connectivity index (χ2v) is 7.37. The second-order valence-electron chi connectivity index (χ2n) is 7.37. The first-order valence-electron chi connectivity index (χ1n) is 9.39. The van der Waals surface area contributed by atoms with E-state index in [-0.39, 0.29) is 5.41 Å². The third kappa shape index (κ3) is 2.86. The van der Waals surface area contributed by atoms with Crippen molar-refractivity contribution < 1.29 is 5.11 Å². The number of phenolic OH excluding ortho intramolecular Hbond substituents is 1. The van der Waals surface area contributed by atoms with Crippen molar-refractivity contribution in [2.24, 2.45) is 0 Å². The summed E-state index contributed by atoms with van der Waals surface area (Å²) in [5, 5.41) is 10.6. The molecule has 132 valence electrons. The standard InChI is InChI=1S/C24H25NO/c25-22-12-6-4-10-20(22)18-14-16-24(17-15-18,19-8-2-1-3-9-19)21-11-5-7-13-23(21)26/h1-13,18,26H,14-17,25H2. The zero-order valence-corrected chi connectivity index (χ0v) is 14.9. The van der Waals surface area contributed by atoms with Gasteiger partial charge in [0, 0.05) is 16.7 Å². The number of hydrogen-bond donors (Lipinski definition) is 2. The van der Waals surface area contributed by atoms with E-state index in [1.54, 1.807) is 6.07 Å². The number of benzene rings is 3. The predicted molar refractivity (Wildman–Crippen MR) is 107 cm³/mol. The van der Waals surface area contributed by atoms with Crippen LogP contribution in [0.15, 0.2) is 78.9 Å². The molecule has 0 radical (unpaired) electrons. The maximum atomic E-state index is 10.6. The smallest absolute Gasteiger partial charge is 0.119 e. The van der Waals surface area contributed by atoms with Crippen molar-refractivity contribution >= 4 is 5.69 Å². The lowest BCUT2D eigenvalue weighted by Crippen LogP contribution is -2.32. The minimum Gasteiger partial charge on any atom is -0.508 e. The van der Waals surface area contributed by atoms with Crippen LogP contribution in [0.3, 0.4) is 0 Å². The van der Waals surface area contributed by atoms with Gasteiger partial charge in [-0.15, -0.1) is 0 Å². The summed E-state index contributed by atoms with van der Waals surface area (Å²) in [4.78, 5) is 0. The summed E-state index contributed by atoms with van der Waals surface area (Å²) in [7, 11) is 0. The predicted octanol–water partition coefficient (Wildman–Crippen LogP) is 5.62. The molecule has 0 heterocycles. The molecule has 2 nitrogen and oxygen atoms in total. The molecule has 3 aromatic carbocycles. The van der Waals surface area contributed by atoms with E-state index < -0.39 is 0 Å². The molecule has 0 bridgehead atoms. The fraction of sp³-hybridized carbons (Fsp3) is 0.250. The largest absolute Gasteiger partial charge is 0.508 e. The van der Waals surface area contributed by atoms with E-state index in [0.717, 1.165) is 36.9 Å². The van der Waals surface area contributed by atoms with Crippen LogP contribution in [-0.4, -0.2) is 5.11 Å². The van der Waals surface area contributed by atoms with Gasteiger partial charge in [0.2, 0.25) is 0 Å². The molecule has 3 aromatic rings. The number of para-hydroxylation sites is 2. The molecule has 26 heavy (non-hydrogen) atoms. The molecule has 1 aliphatic carbocycles. The average Bonchev–Trinajstić information content (AvgIpc) is 2.70. The summed E-state index contributed by atoms with van der Waals surface area (Å²) in [5.41, 5.74) is 10.6. The van der Waals surface area contributed by atoms with Crippen molar-refractivity contribution in [3.8, 4) is 5.75 Å². The van der Waals surface area contributed by atoms with Gasteiger partial charge in [0.05, 0.1) is 0 Å². The molecule has 0 aliphatic heterocycles. The van der Waals surface area contributed by atoms with Crippen LogP contribution in [0.4, 0.5) is 5.69 Å². The number of aromatic hydroxyl groups is 1. The Morgan fingerprint density at radius 1 is 0.769 bits per heavy atom. The monoisotopic (exact) mass is 343 g/mol. The van der Waals surface area contributed by atoms with Gasteiger partial charge in [-0.2, -0.15) is 0 Å². The van der Waals surface area contributed by atoms with Crippen molar-refractivity contribution in [3.63, 3.8) is 0 Å². The molecular formula is C24H25NO. The lowest BCUT2D eigenvalue weighted by Gasteiger charge is -2.42. The molecule has 4 rings (SSSR count). The maximum Gasteiger partial charge on any atom is 0.119 e. The van der Waals surface area contributed by atoms with Crippen LogP contribution in [-0.2, 0) is 5.41 Å². The Kier molecular flexibility index (Phi) is 4.42. The molecule has 1 fully saturated rings. The molecular weight excluding hydrogens is 318 g/mol. The number of hydrogen-bond acceptors (Lipinski definition) is 2. The number of nitrogens with two attached hydrogens (primary N) is 1. The van der Waals surface area contributed by atoms with Crippen molar-refractivity contribution in [1.82, 2.24) is 0 Å². The summed E-state index contributed by atoms with van der Waals surface area (Å²) < 4.78 is 0. The number of nitrogen functional groups attached to an aromatic ring is 1. The van der Waals surface area contributed by atoms with Gasteiger partial charge < -0.3 is 10.8 Å². The zero-order valence-electron chi connectivity index (χ0n) is 14.9. The Hall–Kier alpha value is -2.74. The van der Waals surface area contributed by atoms with Gasteiger partial charge in [-0.05, 0) is 54.9 Å². The Labute approximate surface area is 155 Å². The first kappa shape index (κ1) is 16.7. The Bertz CT molecular complexity index is 879. The van der Waals surface area contributed by atoms with Gasteiger partial charge in [-0.3, -0.25) is 0 Å². The molecule has 0 saturated heterocycles. The van der Waals surface area contributed by atoms with Crippen LogP contribution in [0, 0.1) is 0 Å². The van der Waals surface area contributed by atoms with E-state index in [0.29, 0.717) is 11.7 Å². The third-order valence-electron chi connectivity index (χ3n) is 6.02. The molecule has 0 spiro atoms. The van der Waals surface area contributed by atoms with Crippen molar-refractivity contribution in [2.45, 2.75) is 37.0 Å². The van der Waals surface area contributed by atoms with E-state index in [4.69, 9.17) is 5.73 Å². The summed E-state index contributed by atoms with van der Waals surface area (Å²) in [6.07, 6.45) is 4.15. The highest BCUT2D eigenvalue weighted by atomic mass is 16.3. The first-order chi connectivity index (χ1) is 12.7. The molecule has 2 heteroatoms. The summed E-state index contributed by atoms with van der Waals surface area (Å²) in [5.74, 6) is 0.882. The lowest BCUT2D eigenvalue weighted by molar-refractivity contribution is 0.306.